The average molecular weight is 178 g/mol. The molecule has 0 radical (unpaired) electrons. The monoisotopic (exact) mass is 178 g/mol. The largest absolute Gasteiger partial charge is 0.466 e. The van der Waals surface area contributed by atoms with Crippen molar-refractivity contribution in [3.8, 4) is 11.3 Å². The maximum absolute atomic E-state index is 5.41. The van der Waals surface area contributed by atoms with Gasteiger partial charge in [-0.25, -0.2) is 0 Å². The number of hydrogen-bond acceptors (Lipinski definition) is 4. The molecule has 2 aromatic rings. The first-order valence-corrected chi connectivity index (χ1v) is 3.96. The lowest BCUT2D eigenvalue weighted by atomic mass is 10.2. The van der Waals surface area contributed by atoms with Crippen molar-refractivity contribution in [3.63, 3.8) is 0 Å². The predicted octanol–water partition coefficient (Wildman–Crippen LogP) is 2.13. The zero-order chi connectivity index (χ0) is 9.42. The number of anilines is 1. The van der Waals surface area contributed by atoms with Crippen LogP contribution in [0.2, 0.25) is 0 Å². The molecule has 0 aromatic carbocycles. The molecule has 0 fully saturated rings. The molecule has 0 saturated carbocycles. The number of hydrogen-bond donors (Lipinski definition) is 1. The van der Waals surface area contributed by atoms with Crippen LogP contribution in [0.1, 0.15) is 11.5 Å². The van der Waals surface area contributed by atoms with Gasteiger partial charge in [-0.05, 0) is 19.9 Å². The molecular weight excluding hydrogens is 168 g/mol. The molecule has 4 nitrogen and oxygen atoms in total. The van der Waals surface area contributed by atoms with Gasteiger partial charge < -0.3 is 14.7 Å². The first kappa shape index (κ1) is 7.91. The van der Waals surface area contributed by atoms with Gasteiger partial charge in [-0.1, -0.05) is 5.16 Å². The van der Waals surface area contributed by atoms with Crippen molar-refractivity contribution in [2.45, 2.75) is 13.8 Å². The van der Waals surface area contributed by atoms with Gasteiger partial charge in [0.1, 0.15) is 17.2 Å². The van der Waals surface area contributed by atoms with Crippen molar-refractivity contribution < 1.29 is 8.94 Å². The Morgan fingerprint density at radius 1 is 1.31 bits per heavy atom. The summed E-state index contributed by atoms with van der Waals surface area (Å²) >= 11 is 0. The zero-order valence-electron chi connectivity index (χ0n) is 7.50. The van der Waals surface area contributed by atoms with Crippen LogP contribution in [-0.4, -0.2) is 5.16 Å². The Morgan fingerprint density at radius 2 is 2.08 bits per heavy atom. The van der Waals surface area contributed by atoms with Crippen LogP contribution in [0.3, 0.4) is 0 Å². The normalized spacial score (nSPS) is 10.6. The van der Waals surface area contributed by atoms with Gasteiger partial charge in [0.15, 0.2) is 0 Å². The summed E-state index contributed by atoms with van der Waals surface area (Å²) in [5.41, 5.74) is 7.06. The van der Waals surface area contributed by atoms with E-state index in [1.54, 1.807) is 6.07 Å². The van der Waals surface area contributed by atoms with Gasteiger partial charge in [-0.2, -0.15) is 0 Å². The molecule has 0 aliphatic rings. The molecule has 0 aliphatic heterocycles. The molecule has 0 atom stereocenters. The highest BCUT2D eigenvalue weighted by Crippen LogP contribution is 2.26. The zero-order valence-corrected chi connectivity index (χ0v) is 7.50. The Morgan fingerprint density at radius 3 is 2.54 bits per heavy atom. The van der Waals surface area contributed by atoms with Crippen molar-refractivity contribution in [1.82, 2.24) is 5.16 Å². The fourth-order valence-electron chi connectivity index (χ4n) is 1.30. The van der Waals surface area contributed by atoms with Crippen molar-refractivity contribution in [3.05, 3.63) is 23.7 Å². The second-order valence-corrected chi connectivity index (χ2v) is 2.94. The van der Waals surface area contributed by atoms with E-state index in [-0.39, 0.29) is 0 Å². The highest BCUT2D eigenvalue weighted by atomic mass is 16.5. The number of nitrogens with zero attached hydrogens (tertiary/aromatic N) is 1. The summed E-state index contributed by atoms with van der Waals surface area (Å²) in [7, 11) is 0. The summed E-state index contributed by atoms with van der Waals surface area (Å²) in [6.45, 7) is 3.77. The molecule has 0 saturated heterocycles. The van der Waals surface area contributed by atoms with Gasteiger partial charge in [0.05, 0.1) is 0 Å². The summed E-state index contributed by atoms with van der Waals surface area (Å²) in [6.07, 6.45) is 0. The second kappa shape index (κ2) is 2.65. The molecule has 0 unspecified atom stereocenters. The topological polar surface area (TPSA) is 65.2 Å². The fraction of sp³-hybridized carbons (Fsp3) is 0.222. The van der Waals surface area contributed by atoms with E-state index in [0.717, 1.165) is 17.1 Å². The third kappa shape index (κ3) is 1.30. The van der Waals surface area contributed by atoms with Gasteiger partial charge in [-0.3, -0.25) is 0 Å². The van der Waals surface area contributed by atoms with E-state index >= 15 is 0 Å². The number of furan rings is 1. The van der Waals surface area contributed by atoms with Gasteiger partial charge in [0.2, 0.25) is 5.88 Å². The molecule has 13 heavy (non-hydrogen) atoms. The first-order valence-electron chi connectivity index (χ1n) is 3.96. The second-order valence-electron chi connectivity index (χ2n) is 2.94. The van der Waals surface area contributed by atoms with Crippen LogP contribution in [0.25, 0.3) is 11.3 Å². The molecule has 68 valence electrons. The maximum Gasteiger partial charge on any atom is 0.222 e. The average Bonchev–Trinajstić information content (AvgIpc) is 2.58. The Bertz CT molecular complexity index is 429. The van der Waals surface area contributed by atoms with Crippen LogP contribution in [0.4, 0.5) is 5.88 Å². The standard InChI is InChI=1S/C9H10N2O2/c1-5-3-7(6(2)12-5)8-4-9(10)13-11-8/h3-4H,10H2,1-2H3. The number of aromatic nitrogens is 1. The maximum atomic E-state index is 5.41. The van der Waals surface area contributed by atoms with Gasteiger partial charge in [0, 0.05) is 11.6 Å². The number of rotatable bonds is 1. The summed E-state index contributed by atoms with van der Waals surface area (Å²) < 4.78 is 10.1. The molecule has 2 heterocycles. The highest BCUT2D eigenvalue weighted by Gasteiger charge is 2.10. The first-order chi connectivity index (χ1) is 6.16. The van der Waals surface area contributed by atoms with Crippen molar-refractivity contribution in [1.29, 1.82) is 0 Å². The van der Waals surface area contributed by atoms with Gasteiger partial charge >= 0.3 is 0 Å². The third-order valence-electron chi connectivity index (χ3n) is 1.85. The van der Waals surface area contributed by atoms with Crippen LogP contribution in [0, 0.1) is 13.8 Å². The molecule has 4 heteroatoms. The minimum absolute atomic E-state index is 0.313. The highest BCUT2D eigenvalue weighted by molar-refractivity contribution is 5.63. The van der Waals surface area contributed by atoms with E-state index in [4.69, 9.17) is 14.7 Å². The van der Waals surface area contributed by atoms with E-state index in [2.05, 4.69) is 5.16 Å². The molecule has 2 aromatic heterocycles. The van der Waals surface area contributed by atoms with Crippen LogP contribution in [-0.2, 0) is 0 Å². The fourth-order valence-corrected chi connectivity index (χ4v) is 1.30. The van der Waals surface area contributed by atoms with Crippen molar-refractivity contribution >= 4 is 5.88 Å². The molecule has 2 rings (SSSR count). The lowest BCUT2D eigenvalue weighted by Crippen LogP contribution is -1.77. The van der Waals surface area contributed by atoms with Crippen LogP contribution in [0.15, 0.2) is 21.1 Å². The Hall–Kier alpha value is -1.71. The molecule has 0 bridgehead atoms. The summed E-state index contributed by atoms with van der Waals surface area (Å²) in [4.78, 5) is 0. The number of nitrogens with two attached hydrogens (primary N) is 1. The lowest BCUT2D eigenvalue weighted by Gasteiger charge is -1.87. The lowest BCUT2D eigenvalue weighted by molar-refractivity contribution is 0.438. The quantitative estimate of drug-likeness (QED) is 0.726. The number of aryl methyl sites for hydroxylation is 2. The van der Waals surface area contributed by atoms with E-state index < -0.39 is 0 Å². The summed E-state index contributed by atoms with van der Waals surface area (Å²) in [6, 6.07) is 3.59. The number of nitrogen functional groups attached to an aromatic ring is 1. The molecule has 2 N–H and O–H groups in total. The molecular formula is C9H10N2O2. The predicted molar refractivity (Wildman–Crippen MR) is 48.1 cm³/mol. The van der Waals surface area contributed by atoms with Gasteiger partial charge in [-0.15, -0.1) is 0 Å². The van der Waals surface area contributed by atoms with Crippen molar-refractivity contribution in [2.75, 3.05) is 5.73 Å². The third-order valence-corrected chi connectivity index (χ3v) is 1.85. The molecule has 0 amide bonds. The molecule has 0 aliphatic carbocycles. The minimum atomic E-state index is 0.313. The SMILES string of the molecule is Cc1cc(-c2cc(N)on2)c(C)o1. The smallest absolute Gasteiger partial charge is 0.222 e. The Labute approximate surface area is 75.3 Å². The van der Waals surface area contributed by atoms with Crippen LogP contribution < -0.4 is 5.73 Å². The van der Waals surface area contributed by atoms with Crippen LogP contribution in [0.5, 0.6) is 0 Å². The van der Waals surface area contributed by atoms with Gasteiger partial charge in [0.25, 0.3) is 0 Å². The van der Waals surface area contributed by atoms with Crippen LogP contribution >= 0.6 is 0 Å². The minimum Gasteiger partial charge on any atom is -0.466 e. The van der Waals surface area contributed by atoms with E-state index in [1.165, 1.54) is 0 Å². The molecule has 0 spiro atoms. The Balaban J connectivity index is 2.51. The van der Waals surface area contributed by atoms with Crippen molar-refractivity contribution in [2.24, 2.45) is 0 Å². The van der Waals surface area contributed by atoms with E-state index in [9.17, 15) is 0 Å². The summed E-state index contributed by atoms with van der Waals surface area (Å²) in [5, 5.41) is 3.80. The van der Waals surface area contributed by atoms with E-state index in [1.807, 2.05) is 19.9 Å². The Kier molecular flexibility index (Phi) is 1.62. The van der Waals surface area contributed by atoms with E-state index in [0.29, 0.717) is 11.6 Å². The summed E-state index contributed by atoms with van der Waals surface area (Å²) in [5.74, 6) is 1.99.